The second-order valence-corrected chi connectivity index (χ2v) is 5.41. The molecular formula is C16H12Cl2N4O. The van der Waals surface area contributed by atoms with E-state index in [0.717, 1.165) is 27.8 Å². The van der Waals surface area contributed by atoms with Crippen molar-refractivity contribution in [3.05, 3.63) is 54.6 Å². The Morgan fingerprint density at radius 3 is 2.70 bits per heavy atom. The van der Waals surface area contributed by atoms with Crippen LogP contribution < -0.4 is 0 Å². The van der Waals surface area contributed by atoms with Crippen LogP contribution in [0.5, 0.6) is 0 Å². The summed E-state index contributed by atoms with van der Waals surface area (Å²) in [7, 11) is 1.93. The fraction of sp³-hybridized carbons (Fsp3) is 0.0625. The van der Waals surface area contributed by atoms with Crippen molar-refractivity contribution in [3.63, 3.8) is 0 Å². The van der Waals surface area contributed by atoms with Crippen molar-refractivity contribution in [1.29, 1.82) is 0 Å². The molecule has 0 N–H and O–H groups in total. The number of benzene rings is 1. The lowest BCUT2D eigenvalue weighted by atomic mass is 10.2. The minimum atomic E-state index is -0.478. The van der Waals surface area contributed by atoms with Gasteiger partial charge < -0.3 is 4.57 Å². The number of carbonyl (C=O) groups is 1. The molecule has 4 aromatic rings. The monoisotopic (exact) mass is 346 g/mol. The topological polar surface area (TPSA) is 52.7 Å². The molecular weight excluding hydrogens is 335 g/mol. The fourth-order valence-electron chi connectivity index (χ4n) is 2.77. The van der Waals surface area contributed by atoms with E-state index >= 15 is 0 Å². The Kier molecular flexibility index (Phi) is 3.83. The van der Waals surface area contributed by atoms with Crippen LogP contribution in [0.1, 0.15) is 10.4 Å². The van der Waals surface area contributed by atoms with E-state index < -0.39 is 5.24 Å². The van der Waals surface area contributed by atoms with Crippen LogP contribution in [0.15, 0.2) is 49.1 Å². The molecule has 0 saturated heterocycles. The zero-order valence-corrected chi connectivity index (χ0v) is 13.7. The molecule has 116 valence electrons. The summed E-state index contributed by atoms with van der Waals surface area (Å²) in [6, 6.07) is 9.58. The summed E-state index contributed by atoms with van der Waals surface area (Å²) in [5.41, 5.74) is 2.19. The second kappa shape index (κ2) is 5.68. The van der Waals surface area contributed by atoms with Gasteiger partial charge in [0, 0.05) is 24.8 Å². The lowest BCUT2D eigenvalue weighted by Gasteiger charge is -2.05. The number of halogens is 2. The Morgan fingerprint density at radius 2 is 1.91 bits per heavy atom. The van der Waals surface area contributed by atoms with Crippen molar-refractivity contribution < 1.29 is 4.79 Å². The Hall–Kier alpha value is -2.37. The van der Waals surface area contributed by atoms with Gasteiger partial charge in [-0.15, -0.1) is 12.4 Å². The molecule has 4 rings (SSSR count). The van der Waals surface area contributed by atoms with Crippen LogP contribution in [0.4, 0.5) is 0 Å². The summed E-state index contributed by atoms with van der Waals surface area (Å²) in [5.74, 6) is 0.728. The Morgan fingerprint density at radius 1 is 1.13 bits per heavy atom. The van der Waals surface area contributed by atoms with Gasteiger partial charge in [-0.1, -0.05) is 18.2 Å². The SMILES string of the molecule is Cl.Cn1ccc2c(-n3cc(C(=O)Cl)c4ccccc43)ncnc21. The third-order valence-electron chi connectivity index (χ3n) is 3.79. The van der Waals surface area contributed by atoms with Crippen LogP contribution in [0.3, 0.4) is 0 Å². The van der Waals surface area contributed by atoms with Gasteiger partial charge in [0.15, 0.2) is 0 Å². The molecule has 0 amide bonds. The molecule has 0 aliphatic rings. The van der Waals surface area contributed by atoms with Gasteiger partial charge in [-0.25, -0.2) is 9.97 Å². The molecule has 0 radical (unpaired) electrons. The summed E-state index contributed by atoms with van der Waals surface area (Å²) in [4.78, 5) is 20.4. The molecule has 1 aromatic carbocycles. The van der Waals surface area contributed by atoms with Gasteiger partial charge in [-0.2, -0.15) is 0 Å². The average Bonchev–Trinajstić information content (AvgIpc) is 3.09. The first-order chi connectivity index (χ1) is 10.7. The highest BCUT2D eigenvalue weighted by Gasteiger charge is 2.16. The van der Waals surface area contributed by atoms with Crippen molar-refractivity contribution in [2.75, 3.05) is 0 Å². The van der Waals surface area contributed by atoms with E-state index in [1.807, 2.05) is 52.7 Å². The molecule has 0 unspecified atom stereocenters. The van der Waals surface area contributed by atoms with E-state index in [-0.39, 0.29) is 12.4 Å². The average molecular weight is 347 g/mol. The molecule has 3 heterocycles. The van der Waals surface area contributed by atoms with Gasteiger partial charge in [0.1, 0.15) is 17.8 Å². The predicted octanol–water partition coefficient (Wildman–Crippen LogP) is 3.71. The van der Waals surface area contributed by atoms with Crippen LogP contribution in [0, 0.1) is 0 Å². The first-order valence-electron chi connectivity index (χ1n) is 6.73. The van der Waals surface area contributed by atoms with Gasteiger partial charge in [0.25, 0.3) is 5.24 Å². The van der Waals surface area contributed by atoms with Crippen molar-refractivity contribution in [2.45, 2.75) is 0 Å². The first-order valence-corrected chi connectivity index (χ1v) is 7.11. The highest BCUT2D eigenvalue weighted by atomic mass is 35.5. The highest BCUT2D eigenvalue weighted by molar-refractivity contribution is 6.68. The molecule has 3 aromatic heterocycles. The molecule has 0 aliphatic heterocycles. The van der Waals surface area contributed by atoms with Crippen LogP contribution >= 0.6 is 24.0 Å². The van der Waals surface area contributed by atoms with E-state index in [4.69, 9.17) is 11.6 Å². The number of aromatic nitrogens is 4. The number of hydrogen-bond acceptors (Lipinski definition) is 3. The largest absolute Gasteiger partial charge is 0.335 e. The van der Waals surface area contributed by atoms with E-state index in [2.05, 4.69) is 9.97 Å². The van der Waals surface area contributed by atoms with Crippen molar-refractivity contribution in [1.82, 2.24) is 19.1 Å². The van der Waals surface area contributed by atoms with Crippen molar-refractivity contribution >= 4 is 51.2 Å². The van der Waals surface area contributed by atoms with Crippen LogP contribution in [-0.4, -0.2) is 24.3 Å². The summed E-state index contributed by atoms with van der Waals surface area (Å²) in [5, 5.41) is 1.25. The van der Waals surface area contributed by atoms with Crippen LogP contribution in [0.25, 0.3) is 27.8 Å². The summed E-state index contributed by atoms with van der Waals surface area (Å²) >= 11 is 5.72. The third-order valence-corrected chi connectivity index (χ3v) is 4.00. The van der Waals surface area contributed by atoms with Gasteiger partial charge in [-0.3, -0.25) is 9.36 Å². The lowest BCUT2D eigenvalue weighted by molar-refractivity contribution is 0.108. The molecule has 5 nitrogen and oxygen atoms in total. The summed E-state index contributed by atoms with van der Waals surface area (Å²) in [6.07, 6.45) is 5.19. The van der Waals surface area contributed by atoms with Gasteiger partial charge in [0.2, 0.25) is 0 Å². The standard InChI is InChI=1S/C16H11ClN4O.ClH/c1-20-7-6-11-15(20)18-9-19-16(11)21-8-12(14(17)22)10-4-2-3-5-13(10)21;/h2-9H,1H3;1H. The maximum absolute atomic E-state index is 11.7. The Labute approximate surface area is 142 Å². The lowest BCUT2D eigenvalue weighted by Crippen LogP contribution is -1.99. The first kappa shape index (κ1) is 15.5. The zero-order chi connectivity index (χ0) is 15.3. The summed E-state index contributed by atoms with van der Waals surface area (Å²) in [6.45, 7) is 0. The van der Waals surface area contributed by atoms with Gasteiger partial charge in [-0.05, 0) is 23.7 Å². The van der Waals surface area contributed by atoms with E-state index in [0.29, 0.717) is 5.56 Å². The quantitative estimate of drug-likeness (QED) is 0.520. The highest BCUT2D eigenvalue weighted by Crippen LogP contribution is 2.28. The number of fused-ring (bicyclic) bond motifs is 2. The molecule has 0 atom stereocenters. The number of hydrogen-bond donors (Lipinski definition) is 0. The molecule has 0 aliphatic carbocycles. The zero-order valence-electron chi connectivity index (χ0n) is 12.1. The normalized spacial score (nSPS) is 10.9. The minimum absolute atomic E-state index is 0. The molecule has 0 spiro atoms. The molecule has 0 saturated carbocycles. The molecule has 0 bridgehead atoms. The Bertz CT molecular complexity index is 1040. The number of rotatable bonds is 2. The number of carbonyl (C=O) groups excluding carboxylic acids is 1. The predicted molar refractivity (Wildman–Crippen MR) is 92.8 cm³/mol. The number of nitrogens with zero attached hydrogens (tertiary/aromatic N) is 4. The Balaban J connectivity index is 0.00000156. The maximum Gasteiger partial charge on any atom is 0.254 e. The van der Waals surface area contributed by atoms with Gasteiger partial charge >= 0.3 is 0 Å². The van der Waals surface area contributed by atoms with E-state index in [9.17, 15) is 4.79 Å². The summed E-state index contributed by atoms with van der Waals surface area (Å²) < 4.78 is 3.81. The van der Waals surface area contributed by atoms with Gasteiger partial charge in [0.05, 0.1) is 16.5 Å². The molecule has 7 heteroatoms. The fourth-order valence-corrected chi connectivity index (χ4v) is 2.92. The smallest absolute Gasteiger partial charge is 0.254 e. The number of para-hydroxylation sites is 1. The maximum atomic E-state index is 11.7. The van der Waals surface area contributed by atoms with Crippen LogP contribution in [0.2, 0.25) is 0 Å². The minimum Gasteiger partial charge on any atom is -0.335 e. The van der Waals surface area contributed by atoms with E-state index in [1.165, 1.54) is 6.33 Å². The van der Waals surface area contributed by atoms with E-state index in [1.54, 1.807) is 6.20 Å². The van der Waals surface area contributed by atoms with Crippen molar-refractivity contribution in [3.8, 4) is 5.82 Å². The molecule has 0 fully saturated rings. The number of aryl methyl sites for hydroxylation is 1. The second-order valence-electron chi connectivity index (χ2n) is 5.06. The van der Waals surface area contributed by atoms with Crippen molar-refractivity contribution in [2.24, 2.45) is 7.05 Å². The third kappa shape index (κ3) is 2.29. The van der Waals surface area contributed by atoms with Crippen LogP contribution in [-0.2, 0) is 7.05 Å². The molecule has 23 heavy (non-hydrogen) atoms.